The van der Waals surface area contributed by atoms with Gasteiger partial charge in [0.1, 0.15) is 5.94 Å². The van der Waals surface area contributed by atoms with E-state index >= 15 is 0 Å². The molecule has 2 rings (SSSR count). The number of carbonyl (C=O) groups excluding carboxylic acids is 1. The summed E-state index contributed by atoms with van der Waals surface area (Å²) in [5.41, 5.74) is 3.06. The van der Waals surface area contributed by atoms with Gasteiger partial charge < -0.3 is 0 Å². The second-order valence-corrected chi connectivity index (χ2v) is 3.22. The SMILES string of the molecule is O=C=C1C=CC=C(c2ccccc2)C1. The third kappa shape index (κ3) is 1.73. The molecule has 1 aliphatic rings. The van der Waals surface area contributed by atoms with Crippen molar-refractivity contribution in [3.8, 4) is 0 Å². The summed E-state index contributed by atoms with van der Waals surface area (Å²) in [6, 6.07) is 10.1. The summed E-state index contributed by atoms with van der Waals surface area (Å²) in [5, 5.41) is 0. The van der Waals surface area contributed by atoms with Crippen LogP contribution >= 0.6 is 0 Å². The predicted octanol–water partition coefficient (Wildman–Crippen LogP) is 2.79. The van der Waals surface area contributed by atoms with Gasteiger partial charge in [-0.1, -0.05) is 42.5 Å². The molecular weight excluding hydrogens is 172 g/mol. The van der Waals surface area contributed by atoms with Gasteiger partial charge in [-0.2, -0.15) is 0 Å². The lowest BCUT2D eigenvalue weighted by Crippen LogP contribution is -1.91. The molecule has 0 fully saturated rings. The fourth-order valence-electron chi connectivity index (χ4n) is 1.52. The van der Waals surface area contributed by atoms with Crippen molar-refractivity contribution in [3.05, 3.63) is 59.7 Å². The molecule has 0 aromatic heterocycles. The van der Waals surface area contributed by atoms with Crippen LogP contribution < -0.4 is 0 Å². The average molecular weight is 182 g/mol. The van der Waals surface area contributed by atoms with E-state index in [4.69, 9.17) is 0 Å². The molecule has 1 aromatic rings. The number of benzene rings is 1. The fraction of sp³-hybridized carbons (Fsp3) is 0.0769. The summed E-state index contributed by atoms with van der Waals surface area (Å²) in [6.45, 7) is 0. The van der Waals surface area contributed by atoms with Crippen LogP contribution in [0.3, 0.4) is 0 Å². The third-order valence-corrected chi connectivity index (χ3v) is 2.25. The molecule has 14 heavy (non-hydrogen) atoms. The lowest BCUT2D eigenvalue weighted by atomic mass is 9.95. The third-order valence-electron chi connectivity index (χ3n) is 2.25. The first-order valence-corrected chi connectivity index (χ1v) is 4.57. The van der Waals surface area contributed by atoms with E-state index in [1.54, 1.807) is 6.08 Å². The maximum Gasteiger partial charge on any atom is 0.128 e. The van der Waals surface area contributed by atoms with Crippen LogP contribution in [-0.2, 0) is 4.79 Å². The number of hydrogen-bond acceptors (Lipinski definition) is 1. The van der Waals surface area contributed by atoms with Crippen LogP contribution in [-0.4, -0.2) is 5.94 Å². The first kappa shape index (κ1) is 8.74. The zero-order valence-corrected chi connectivity index (χ0v) is 7.73. The second-order valence-electron chi connectivity index (χ2n) is 3.22. The largest absolute Gasteiger partial charge is 0.233 e. The highest BCUT2D eigenvalue weighted by Crippen LogP contribution is 2.24. The van der Waals surface area contributed by atoms with Gasteiger partial charge in [0.25, 0.3) is 0 Å². The molecule has 0 amide bonds. The highest BCUT2D eigenvalue weighted by molar-refractivity contribution is 5.76. The number of hydrogen-bond donors (Lipinski definition) is 0. The van der Waals surface area contributed by atoms with Gasteiger partial charge in [0.15, 0.2) is 0 Å². The Hall–Kier alpha value is -1.85. The smallest absolute Gasteiger partial charge is 0.128 e. The van der Waals surface area contributed by atoms with Crippen molar-refractivity contribution in [2.75, 3.05) is 0 Å². The lowest BCUT2D eigenvalue weighted by Gasteiger charge is -2.09. The van der Waals surface area contributed by atoms with Crippen molar-refractivity contribution in [1.29, 1.82) is 0 Å². The Bertz CT molecular complexity index is 432. The van der Waals surface area contributed by atoms with Crippen LogP contribution in [0.4, 0.5) is 0 Å². The molecule has 0 aliphatic heterocycles. The van der Waals surface area contributed by atoms with Gasteiger partial charge in [0.05, 0.1) is 0 Å². The fourth-order valence-corrected chi connectivity index (χ4v) is 1.52. The van der Waals surface area contributed by atoms with Crippen molar-refractivity contribution >= 4 is 11.5 Å². The number of allylic oxidation sites excluding steroid dienone is 5. The Balaban J connectivity index is 2.34. The zero-order chi connectivity index (χ0) is 9.80. The minimum absolute atomic E-state index is 0.685. The molecule has 1 nitrogen and oxygen atoms in total. The molecule has 0 spiro atoms. The van der Waals surface area contributed by atoms with E-state index in [0.717, 1.165) is 0 Å². The van der Waals surface area contributed by atoms with Crippen molar-refractivity contribution < 1.29 is 4.79 Å². The average Bonchev–Trinajstić information content (AvgIpc) is 2.30. The Kier molecular flexibility index (Phi) is 2.44. The molecule has 0 heterocycles. The van der Waals surface area contributed by atoms with Gasteiger partial charge in [-0.05, 0) is 17.2 Å². The highest BCUT2D eigenvalue weighted by atomic mass is 16.1. The van der Waals surface area contributed by atoms with Crippen molar-refractivity contribution in [3.63, 3.8) is 0 Å². The Morgan fingerprint density at radius 3 is 2.64 bits per heavy atom. The molecule has 0 N–H and O–H groups in total. The van der Waals surface area contributed by atoms with Gasteiger partial charge in [0, 0.05) is 12.0 Å². The molecule has 0 saturated carbocycles. The van der Waals surface area contributed by atoms with E-state index in [9.17, 15) is 4.79 Å². The maximum absolute atomic E-state index is 10.5. The van der Waals surface area contributed by atoms with Crippen molar-refractivity contribution in [2.45, 2.75) is 6.42 Å². The second kappa shape index (κ2) is 3.91. The minimum Gasteiger partial charge on any atom is -0.233 e. The molecule has 1 aliphatic carbocycles. The van der Waals surface area contributed by atoms with Crippen molar-refractivity contribution in [1.82, 2.24) is 0 Å². The van der Waals surface area contributed by atoms with E-state index in [1.807, 2.05) is 48.4 Å². The van der Waals surface area contributed by atoms with E-state index < -0.39 is 0 Å². The standard InChI is InChI=1S/C13H10O/c14-10-11-5-4-8-13(9-11)12-6-2-1-3-7-12/h1-8H,9H2. The molecule has 0 unspecified atom stereocenters. The normalized spacial score (nSPS) is 14.9. The molecular formula is C13H10O. The van der Waals surface area contributed by atoms with Gasteiger partial charge in [-0.15, -0.1) is 0 Å². The van der Waals surface area contributed by atoms with Crippen LogP contribution in [0.25, 0.3) is 5.57 Å². The Morgan fingerprint density at radius 2 is 1.93 bits per heavy atom. The van der Waals surface area contributed by atoms with Gasteiger partial charge >= 0.3 is 0 Å². The highest BCUT2D eigenvalue weighted by Gasteiger charge is 2.06. The minimum atomic E-state index is 0.685. The van der Waals surface area contributed by atoms with Gasteiger partial charge in [-0.25, -0.2) is 4.79 Å². The van der Waals surface area contributed by atoms with Crippen LogP contribution in [0.15, 0.2) is 54.1 Å². The lowest BCUT2D eigenvalue weighted by molar-refractivity contribution is 0.567. The predicted molar refractivity (Wildman–Crippen MR) is 57.4 cm³/mol. The monoisotopic (exact) mass is 182 g/mol. The summed E-state index contributed by atoms with van der Waals surface area (Å²) in [7, 11) is 0. The van der Waals surface area contributed by atoms with Crippen LogP contribution in [0, 0.1) is 0 Å². The summed E-state index contributed by atoms with van der Waals surface area (Å²) < 4.78 is 0. The van der Waals surface area contributed by atoms with Crippen LogP contribution in [0.5, 0.6) is 0 Å². The quantitative estimate of drug-likeness (QED) is 0.610. The maximum atomic E-state index is 10.5. The first-order valence-electron chi connectivity index (χ1n) is 4.57. The van der Waals surface area contributed by atoms with E-state index in [-0.39, 0.29) is 0 Å². The summed E-state index contributed by atoms with van der Waals surface area (Å²) >= 11 is 0. The van der Waals surface area contributed by atoms with Crippen molar-refractivity contribution in [2.24, 2.45) is 0 Å². The molecule has 0 radical (unpaired) electrons. The van der Waals surface area contributed by atoms with Gasteiger partial charge in [-0.3, -0.25) is 0 Å². The molecule has 0 atom stereocenters. The molecule has 68 valence electrons. The van der Waals surface area contributed by atoms with E-state index in [1.165, 1.54) is 11.1 Å². The summed E-state index contributed by atoms with van der Waals surface area (Å²) in [5.74, 6) is 1.94. The first-order chi connectivity index (χ1) is 6.90. The summed E-state index contributed by atoms with van der Waals surface area (Å²) in [6.07, 6.45) is 6.42. The molecule has 0 bridgehead atoms. The molecule has 1 heteroatoms. The van der Waals surface area contributed by atoms with Crippen LogP contribution in [0.2, 0.25) is 0 Å². The Labute approximate surface area is 83.1 Å². The summed E-state index contributed by atoms with van der Waals surface area (Å²) in [4.78, 5) is 10.5. The Morgan fingerprint density at radius 1 is 1.14 bits per heavy atom. The van der Waals surface area contributed by atoms with Crippen LogP contribution in [0.1, 0.15) is 12.0 Å². The van der Waals surface area contributed by atoms with E-state index in [2.05, 4.69) is 0 Å². The zero-order valence-electron chi connectivity index (χ0n) is 7.73. The van der Waals surface area contributed by atoms with Gasteiger partial charge in [0.2, 0.25) is 0 Å². The molecule has 1 aromatic carbocycles. The molecule has 0 saturated heterocycles. The topological polar surface area (TPSA) is 17.1 Å². The van der Waals surface area contributed by atoms with E-state index in [0.29, 0.717) is 12.0 Å². The number of rotatable bonds is 1.